The van der Waals surface area contributed by atoms with Crippen molar-refractivity contribution in [3.8, 4) is 0 Å². The van der Waals surface area contributed by atoms with Gasteiger partial charge in [0.05, 0.1) is 10.8 Å². The monoisotopic (exact) mass is 353 g/mol. The number of non-ortho nitro benzene ring substituents is 1. The minimum absolute atomic E-state index is 0.0410. The number of carbonyl (C=O) groups is 2. The Morgan fingerprint density at radius 1 is 1.19 bits per heavy atom. The topological polar surface area (TPSA) is 92.6 Å². The third kappa shape index (κ3) is 3.72. The van der Waals surface area contributed by atoms with E-state index in [2.05, 4.69) is 12.2 Å². The van der Waals surface area contributed by atoms with E-state index in [1.54, 1.807) is 4.90 Å². The summed E-state index contributed by atoms with van der Waals surface area (Å²) in [5, 5.41) is 13.4. The van der Waals surface area contributed by atoms with Crippen LogP contribution in [0.25, 0.3) is 0 Å². The summed E-state index contributed by atoms with van der Waals surface area (Å²) in [6.07, 6.45) is 1.07. The molecular formula is C19H19N3O4. The number of amides is 2. The second-order valence-electron chi connectivity index (χ2n) is 6.22. The van der Waals surface area contributed by atoms with Crippen LogP contribution in [0.2, 0.25) is 0 Å². The Labute approximate surface area is 150 Å². The highest BCUT2D eigenvalue weighted by Gasteiger charge is 2.35. The molecule has 0 radical (unpaired) electrons. The van der Waals surface area contributed by atoms with Gasteiger partial charge in [0.2, 0.25) is 11.8 Å². The Morgan fingerprint density at radius 2 is 1.85 bits per heavy atom. The summed E-state index contributed by atoms with van der Waals surface area (Å²) < 4.78 is 0. The number of nitro groups is 1. The van der Waals surface area contributed by atoms with E-state index in [4.69, 9.17) is 0 Å². The maximum Gasteiger partial charge on any atom is 0.269 e. The van der Waals surface area contributed by atoms with Crippen molar-refractivity contribution in [1.29, 1.82) is 0 Å². The molecule has 1 N–H and O–H groups in total. The first kappa shape index (κ1) is 17.6. The fourth-order valence-corrected chi connectivity index (χ4v) is 2.96. The summed E-state index contributed by atoms with van der Waals surface area (Å²) in [5.74, 6) is -0.804. The molecule has 1 saturated heterocycles. The molecule has 0 unspecified atom stereocenters. The molecule has 7 nitrogen and oxygen atoms in total. The largest absolute Gasteiger partial charge is 0.326 e. The number of benzene rings is 2. The Bertz CT molecular complexity index is 831. The quantitative estimate of drug-likeness (QED) is 0.660. The predicted octanol–water partition coefficient (Wildman–Crippen LogP) is 3.15. The number of nitrogens with one attached hydrogen (secondary N) is 1. The SMILES string of the molecule is CCc1ccc(N2C[C@@H](C(=O)Nc3ccc([N+](=O)[O-])cc3)CC2=O)cc1. The van der Waals surface area contributed by atoms with Gasteiger partial charge in [-0.1, -0.05) is 19.1 Å². The number of anilines is 2. The maximum atomic E-state index is 12.4. The highest BCUT2D eigenvalue weighted by atomic mass is 16.6. The molecule has 0 saturated carbocycles. The Balaban J connectivity index is 1.65. The fraction of sp³-hybridized carbons (Fsp3) is 0.263. The minimum atomic E-state index is -0.497. The van der Waals surface area contributed by atoms with Gasteiger partial charge < -0.3 is 10.2 Å². The summed E-state index contributed by atoms with van der Waals surface area (Å²) in [7, 11) is 0. The summed E-state index contributed by atoms with van der Waals surface area (Å²) in [6.45, 7) is 2.39. The normalized spacial score (nSPS) is 16.6. The van der Waals surface area contributed by atoms with Crippen LogP contribution in [-0.2, 0) is 16.0 Å². The number of rotatable bonds is 5. The van der Waals surface area contributed by atoms with Gasteiger partial charge >= 0.3 is 0 Å². The van der Waals surface area contributed by atoms with Gasteiger partial charge in [-0.25, -0.2) is 0 Å². The lowest BCUT2D eigenvalue weighted by atomic mass is 10.1. The average molecular weight is 353 g/mol. The van der Waals surface area contributed by atoms with E-state index >= 15 is 0 Å². The van der Waals surface area contributed by atoms with Crippen LogP contribution in [0.15, 0.2) is 48.5 Å². The van der Waals surface area contributed by atoms with Crippen LogP contribution < -0.4 is 10.2 Å². The van der Waals surface area contributed by atoms with Crippen molar-refractivity contribution in [3.63, 3.8) is 0 Å². The molecule has 0 aromatic heterocycles. The Kier molecular flexibility index (Phi) is 4.97. The van der Waals surface area contributed by atoms with Crippen LogP contribution in [0.1, 0.15) is 18.9 Å². The fourth-order valence-electron chi connectivity index (χ4n) is 2.96. The van der Waals surface area contributed by atoms with E-state index in [1.807, 2.05) is 24.3 Å². The predicted molar refractivity (Wildman–Crippen MR) is 98.0 cm³/mol. The highest BCUT2D eigenvalue weighted by molar-refractivity contribution is 6.03. The van der Waals surface area contributed by atoms with E-state index in [0.29, 0.717) is 12.2 Å². The van der Waals surface area contributed by atoms with Gasteiger partial charge in [-0.3, -0.25) is 19.7 Å². The molecule has 26 heavy (non-hydrogen) atoms. The number of carbonyl (C=O) groups excluding carboxylic acids is 2. The lowest BCUT2D eigenvalue weighted by Gasteiger charge is -2.17. The van der Waals surface area contributed by atoms with Gasteiger partial charge in [-0.2, -0.15) is 0 Å². The van der Waals surface area contributed by atoms with E-state index in [-0.39, 0.29) is 23.9 Å². The number of nitrogens with zero attached hydrogens (tertiary/aromatic N) is 2. The highest BCUT2D eigenvalue weighted by Crippen LogP contribution is 2.26. The molecule has 1 aliphatic heterocycles. The Morgan fingerprint density at radius 3 is 2.42 bits per heavy atom. The van der Waals surface area contributed by atoms with Gasteiger partial charge in [-0.15, -0.1) is 0 Å². The van der Waals surface area contributed by atoms with Crippen LogP contribution in [0.3, 0.4) is 0 Å². The molecule has 0 aliphatic carbocycles. The smallest absolute Gasteiger partial charge is 0.269 e. The van der Waals surface area contributed by atoms with E-state index in [9.17, 15) is 19.7 Å². The van der Waals surface area contributed by atoms with Gasteiger partial charge in [0.15, 0.2) is 0 Å². The average Bonchev–Trinajstić information content (AvgIpc) is 3.04. The van der Waals surface area contributed by atoms with Crippen LogP contribution in [0.5, 0.6) is 0 Å². The van der Waals surface area contributed by atoms with Crippen molar-refractivity contribution in [2.75, 3.05) is 16.8 Å². The first-order valence-corrected chi connectivity index (χ1v) is 8.42. The Hall–Kier alpha value is -3.22. The van der Waals surface area contributed by atoms with Crippen molar-refractivity contribution in [2.24, 2.45) is 5.92 Å². The second-order valence-corrected chi connectivity index (χ2v) is 6.22. The van der Waals surface area contributed by atoms with Crippen molar-refractivity contribution in [3.05, 3.63) is 64.2 Å². The zero-order valence-electron chi connectivity index (χ0n) is 14.3. The van der Waals surface area contributed by atoms with Gasteiger partial charge in [0.1, 0.15) is 0 Å². The number of nitro benzene ring substituents is 1. The zero-order valence-corrected chi connectivity index (χ0v) is 14.3. The lowest BCUT2D eigenvalue weighted by Crippen LogP contribution is -2.28. The summed E-state index contributed by atoms with van der Waals surface area (Å²) in [6, 6.07) is 13.4. The maximum absolute atomic E-state index is 12.4. The lowest BCUT2D eigenvalue weighted by molar-refractivity contribution is -0.384. The third-order valence-corrected chi connectivity index (χ3v) is 4.50. The molecule has 0 bridgehead atoms. The van der Waals surface area contributed by atoms with Crippen molar-refractivity contribution in [2.45, 2.75) is 19.8 Å². The molecule has 3 rings (SSSR count). The molecule has 1 atom stereocenters. The number of hydrogen-bond donors (Lipinski definition) is 1. The molecule has 1 heterocycles. The molecule has 2 amide bonds. The van der Waals surface area contributed by atoms with Crippen LogP contribution >= 0.6 is 0 Å². The number of aryl methyl sites for hydroxylation is 1. The first-order valence-electron chi connectivity index (χ1n) is 8.42. The number of hydrogen-bond acceptors (Lipinski definition) is 4. The van der Waals surface area contributed by atoms with Crippen LogP contribution in [0.4, 0.5) is 17.1 Å². The summed E-state index contributed by atoms with van der Waals surface area (Å²) in [4.78, 5) is 36.5. The molecule has 134 valence electrons. The molecular weight excluding hydrogens is 334 g/mol. The van der Waals surface area contributed by atoms with Crippen molar-refractivity contribution >= 4 is 28.9 Å². The van der Waals surface area contributed by atoms with E-state index in [1.165, 1.54) is 29.8 Å². The molecule has 0 spiro atoms. The van der Waals surface area contributed by atoms with E-state index in [0.717, 1.165) is 12.1 Å². The molecule has 1 aliphatic rings. The van der Waals surface area contributed by atoms with Gasteiger partial charge in [0, 0.05) is 36.5 Å². The first-order chi connectivity index (χ1) is 12.5. The van der Waals surface area contributed by atoms with Crippen molar-refractivity contribution < 1.29 is 14.5 Å². The van der Waals surface area contributed by atoms with Gasteiger partial charge in [0.25, 0.3) is 5.69 Å². The van der Waals surface area contributed by atoms with Gasteiger partial charge in [-0.05, 0) is 36.2 Å². The minimum Gasteiger partial charge on any atom is -0.326 e. The van der Waals surface area contributed by atoms with Crippen LogP contribution in [0, 0.1) is 16.0 Å². The summed E-state index contributed by atoms with van der Waals surface area (Å²) in [5.41, 5.74) is 2.41. The molecule has 7 heteroatoms. The molecule has 2 aromatic carbocycles. The molecule has 1 fully saturated rings. The standard InChI is InChI=1S/C19H19N3O4/c1-2-13-3-7-16(8-4-13)21-12-14(11-18(21)23)19(24)20-15-5-9-17(10-6-15)22(25)26/h3-10,14H,2,11-12H2,1H3,(H,20,24)/t14-/m0/s1. The van der Waals surface area contributed by atoms with Crippen molar-refractivity contribution in [1.82, 2.24) is 0 Å². The van der Waals surface area contributed by atoms with Crippen LogP contribution in [-0.4, -0.2) is 23.3 Å². The molecule has 2 aromatic rings. The summed E-state index contributed by atoms with van der Waals surface area (Å²) >= 11 is 0. The zero-order chi connectivity index (χ0) is 18.7. The second kappa shape index (κ2) is 7.35. The third-order valence-electron chi connectivity index (χ3n) is 4.50. The van der Waals surface area contributed by atoms with E-state index < -0.39 is 10.8 Å².